The Balaban J connectivity index is 2.29. The molecule has 1 fully saturated rings. The van der Waals surface area contributed by atoms with Crippen LogP contribution in [0.1, 0.15) is 6.42 Å². The van der Waals surface area contributed by atoms with Crippen molar-refractivity contribution < 1.29 is 13.2 Å². The summed E-state index contributed by atoms with van der Waals surface area (Å²) in [6.07, 6.45) is -3.65. The molecular formula is C6H11F3N2. The topological polar surface area (TPSA) is 15.3 Å². The Hall–Kier alpha value is -0.290. The highest BCUT2D eigenvalue weighted by Gasteiger charge is 2.33. The first-order chi connectivity index (χ1) is 4.97. The average Bonchev–Trinajstić information content (AvgIpc) is 2.10. The van der Waals surface area contributed by atoms with Crippen LogP contribution in [0.5, 0.6) is 0 Å². The van der Waals surface area contributed by atoms with Crippen molar-refractivity contribution in [3.8, 4) is 0 Å². The molecule has 0 spiro atoms. The molecule has 5 heteroatoms. The van der Waals surface area contributed by atoms with Gasteiger partial charge in [0.15, 0.2) is 0 Å². The number of halogens is 3. The number of rotatable bonds is 1. The van der Waals surface area contributed by atoms with E-state index in [4.69, 9.17) is 0 Å². The number of likely N-dealkylation sites (tertiary alicyclic amines) is 1. The van der Waals surface area contributed by atoms with Crippen molar-refractivity contribution in [1.29, 1.82) is 0 Å². The predicted octanol–water partition coefficient (Wildman–Crippen LogP) is 0.800. The maximum Gasteiger partial charge on any atom is 0.457 e. The number of alkyl halides is 3. The Morgan fingerprint density at radius 3 is 2.45 bits per heavy atom. The van der Waals surface area contributed by atoms with E-state index in [1.807, 2.05) is 11.9 Å². The van der Waals surface area contributed by atoms with Crippen LogP contribution in [0.2, 0.25) is 0 Å². The van der Waals surface area contributed by atoms with Crippen molar-refractivity contribution >= 4 is 0 Å². The lowest BCUT2D eigenvalue weighted by atomic mass is 10.3. The molecule has 11 heavy (non-hydrogen) atoms. The van der Waals surface area contributed by atoms with E-state index in [1.54, 1.807) is 5.32 Å². The van der Waals surface area contributed by atoms with E-state index in [9.17, 15) is 13.2 Å². The Morgan fingerprint density at radius 1 is 1.45 bits per heavy atom. The molecule has 66 valence electrons. The fourth-order valence-electron chi connectivity index (χ4n) is 1.28. The van der Waals surface area contributed by atoms with Crippen LogP contribution in [0.25, 0.3) is 0 Å². The molecule has 1 N–H and O–H groups in total. The summed E-state index contributed by atoms with van der Waals surface area (Å²) in [5.74, 6) is 0. The summed E-state index contributed by atoms with van der Waals surface area (Å²) in [5, 5.41) is 1.61. The second-order valence-electron chi connectivity index (χ2n) is 2.89. The summed E-state index contributed by atoms with van der Waals surface area (Å²) in [5.41, 5.74) is 0. The molecule has 0 aliphatic carbocycles. The Kier molecular flexibility index (Phi) is 2.39. The van der Waals surface area contributed by atoms with Gasteiger partial charge in [-0.05, 0) is 20.0 Å². The van der Waals surface area contributed by atoms with Gasteiger partial charge in [-0.25, -0.2) is 5.32 Å². The van der Waals surface area contributed by atoms with Crippen molar-refractivity contribution in [2.24, 2.45) is 0 Å². The number of nitrogens with one attached hydrogen (secondary N) is 1. The number of hydrogen-bond donors (Lipinski definition) is 1. The van der Waals surface area contributed by atoms with Crippen molar-refractivity contribution in [3.05, 3.63) is 0 Å². The number of nitrogens with zero attached hydrogens (tertiary/aromatic N) is 1. The van der Waals surface area contributed by atoms with Gasteiger partial charge in [-0.1, -0.05) is 0 Å². The van der Waals surface area contributed by atoms with Crippen LogP contribution in [0, 0.1) is 0 Å². The molecule has 1 aliphatic heterocycles. The molecule has 1 heterocycles. The summed E-state index contributed by atoms with van der Waals surface area (Å²) in [4.78, 5) is 1.88. The summed E-state index contributed by atoms with van der Waals surface area (Å²) in [6, 6.07) is -0.417. The minimum Gasteiger partial charge on any atom is -0.305 e. The van der Waals surface area contributed by atoms with Gasteiger partial charge in [0.1, 0.15) is 0 Å². The second kappa shape index (κ2) is 2.98. The van der Waals surface area contributed by atoms with Gasteiger partial charge in [0.05, 0.1) is 0 Å². The quantitative estimate of drug-likeness (QED) is 0.582. The van der Waals surface area contributed by atoms with Crippen molar-refractivity contribution in [2.45, 2.75) is 18.8 Å². The first-order valence-corrected chi connectivity index (χ1v) is 3.50. The first-order valence-electron chi connectivity index (χ1n) is 3.50. The molecule has 1 atom stereocenters. The zero-order chi connectivity index (χ0) is 8.48. The van der Waals surface area contributed by atoms with Gasteiger partial charge in [-0.3, -0.25) is 0 Å². The van der Waals surface area contributed by atoms with E-state index in [2.05, 4.69) is 0 Å². The largest absolute Gasteiger partial charge is 0.457 e. The summed E-state index contributed by atoms with van der Waals surface area (Å²) in [7, 11) is 1.82. The van der Waals surface area contributed by atoms with Gasteiger partial charge in [0.2, 0.25) is 0 Å². The van der Waals surface area contributed by atoms with Crippen molar-refractivity contribution in [1.82, 2.24) is 10.2 Å². The Bertz CT molecular complexity index is 134. The highest BCUT2D eigenvalue weighted by molar-refractivity contribution is 4.79. The molecule has 1 saturated heterocycles. The van der Waals surface area contributed by atoms with E-state index in [0.29, 0.717) is 13.0 Å². The maximum atomic E-state index is 11.7. The minimum atomic E-state index is -4.23. The maximum absolute atomic E-state index is 11.7. The van der Waals surface area contributed by atoms with E-state index < -0.39 is 12.3 Å². The first kappa shape index (κ1) is 8.80. The lowest BCUT2D eigenvalue weighted by Gasteiger charge is -2.14. The second-order valence-corrected chi connectivity index (χ2v) is 2.89. The fraction of sp³-hybridized carbons (Fsp3) is 1.00. The van der Waals surface area contributed by atoms with Crippen LogP contribution in [0.3, 0.4) is 0 Å². The van der Waals surface area contributed by atoms with E-state index in [1.165, 1.54) is 0 Å². The molecule has 0 aromatic carbocycles. The van der Waals surface area contributed by atoms with Gasteiger partial charge < -0.3 is 4.90 Å². The van der Waals surface area contributed by atoms with E-state index >= 15 is 0 Å². The molecule has 0 aromatic rings. The third-order valence-corrected chi connectivity index (χ3v) is 1.76. The van der Waals surface area contributed by atoms with Crippen LogP contribution in [0.4, 0.5) is 13.2 Å². The lowest BCUT2D eigenvalue weighted by Crippen LogP contribution is -2.41. The SMILES string of the molecule is CN1CC[C@@H](NC(F)(F)F)C1. The average molecular weight is 168 g/mol. The molecule has 0 amide bonds. The summed E-state index contributed by atoms with van der Waals surface area (Å²) >= 11 is 0. The van der Waals surface area contributed by atoms with Crippen LogP contribution < -0.4 is 5.32 Å². The number of likely N-dealkylation sites (N-methyl/N-ethyl adjacent to an activating group) is 1. The molecule has 0 unspecified atom stereocenters. The zero-order valence-corrected chi connectivity index (χ0v) is 6.28. The Labute approximate surface area is 63.4 Å². The zero-order valence-electron chi connectivity index (χ0n) is 6.28. The summed E-state index contributed by atoms with van der Waals surface area (Å²) in [6.45, 7) is 1.23. The highest BCUT2D eigenvalue weighted by Crippen LogP contribution is 2.15. The molecule has 0 saturated carbocycles. The predicted molar refractivity (Wildman–Crippen MR) is 35.1 cm³/mol. The molecule has 0 radical (unpaired) electrons. The van der Waals surface area contributed by atoms with Gasteiger partial charge in [0.25, 0.3) is 0 Å². The van der Waals surface area contributed by atoms with Crippen LogP contribution in [0.15, 0.2) is 0 Å². The van der Waals surface area contributed by atoms with Gasteiger partial charge in [-0.15, -0.1) is 0 Å². The molecule has 0 bridgehead atoms. The van der Waals surface area contributed by atoms with Crippen LogP contribution >= 0.6 is 0 Å². The third kappa shape index (κ3) is 3.07. The minimum absolute atomic E-state index is 0.417. The van der Waals surface area contributed by atoms with Crippen LogP contribution in [-0.2, 0) is 0 Å². The van der Waals surface area contributed by atoms with Crippen molar-refractivity contribution in [3.63, 3.8) is 0 Å². The molecular weight excluding hydrogens is 157 g/mol. The van der Waals surface area contributed by atoms with Gasteiger partial charge in [-0.2, -0.15) is 13.2 Å². The van der Waals surface area contributed by atoms with Crippen molar-refractivity contribution in [2.75, 3.05) is 20.1 Å². The standard InChI is InChI=1S/C6H11F3N2/c1-11-3-2-5(4-11)10-6(7,8)9/h5,10H,2-4H2,1H3/t5-/m1/s1. The molecule has 1 aliphatic rings. The lowest BCUT2D eigenvalue weighted by molar-refractivity contribution is -0.163. The van der Waals surface area contributed by atoms with Crippen LogP contribution in [-0.4, -0.2) is 37.4 Å². The molecule has 0 aromatic heterocycles. The Morgan fingerprint density at radius 2 is 2.09 bits per heavy atom. The van der Waals surface area contributed by atoms with E-state index in [-0.39, 0.29) is 0 Å². The van der Waals surface area contributed by atoms with Gasteiger partial charge >= 0.3 is 6.30 Å². The number of hydrogen-bond acceptors (Lipinski definition) is 2. The molecule has 1 rings (SSSR count). The van der Waals surface area contributed by atoms with Gasteiger partial charge in [0, 0.05) is 12.6 Å². The fourth-order valence-corrected chi connectivity index (χ4v) is 1.28. The highest BCUT2D eigenvalue weighted by atomic mass is 19.4. The summed E-state index contributed by atoms with van der Waals surface area (Å²) < 4.78 is 35.1. The third-order valence-electron chi connectivity index (χ3n) is 1.76. The smallest absolute Gasteiger partial charge is 0.305 e. The van der Waals surface area contributed by atoms with E-state index in [0.717, 1.165) is 6.54 Å². The normalized spacial score (nSPS) is 27.8. The monoisotopic (exact) mass is 168 g/mol. The molecule has 2 nitrogen and oxygen atoms in total.